The number of rotatable bonds is 3. The summed E-state index contributed by atoms with van der Waals surface area (Å²) in [6.45, 7) is 4.47. The summed E-state index contributed by atoms with van der Waals surface area (Å²) in [5.41, 5.74) is 7.45. The molecule has 0 aliphatic carbocycles. The normalized spacial score (nSPS) is 10.6. The third-order valence-corrected chi connectivity index (χ3v) is 2.33. The maximum absolute atomic E-state index is 9.81. The van der Waals surface area contributed by atoms with Crippen LogP contribution in [0, 0.1) is 0 Å². The zero-order valence-electron chi connectivity index (χ0n) is 8.87. The number of hydrogen-bond acceptors (Lipinski definition) is 3. The van der Waals surface area contributed by atoms with Gasteiger partial charge in [0.15, 0.2) is 11.5 Å². The molecule has 0 saturated heterocycles. The van der Waals surface area contributed by atoms with E-state index >= 15 is 0 Å². The lowest BCUT2D eigenvalue weighted by atomic mass is 9.96. The molecule has 0 atom stereocenters. The van der Waals surface area contributed by atoms with Gasteiger partial charge in [-0.05, 0) is 17.5 Å². The van der Waals surface area contributed by atoms with E-state index in [4.69, 9.17) is 10.5 Å². The van der Waals surface area contributed by atoms with Crippen LogP contribution in [0.5, 0.6) is 11.5 Å². The molecule has 0 fully saturated rings. The Morgan fingerprint density at radius 2 is 2.07 bits per heavy atom. The number of ether oxygens (including phenoxy) is 1. The number of nitrogens with two attached hydrogens (primary N) is 1. The molecule has 0 heterocycles. The van der Waals surface area contributed by atoms with Gasteiger partial charge < -0.3 is 15.6 Å². The summed E-state index contributed by atoms with van der Waals surface area (Å²) in [4.78, 5) is 0. The second-order valence-corrected chi connectivity index (χ2v) is 3.54. The van der Waals surface area contributed by atoms with Crippen LogP contribution in [0.3, 0.4) is 0 Å². The molecule has 0 aliphatic rings. The zero-order valence-corrected chi connectivity index (χ0v) is 8.87. The minimum absolute atomic E-state index is 0.168. The lowest BCUT2D eigenvalue weighted by Gasteiger charge is -2.15. The molecule has 0 spiro atoms. The first-order valence-corrected chi connectivity index (χ1v) is 4.70. The Kier molecular flexibility index (Phi) is 3.36. The average Bonchev–Trinajstić information content (AvgIpc) is 2.17. The second kappa shape index (κ2) is 4.33. The number of methoxy groups -OCH3 is 1. The Hall–Kier alpha value is -1.22. The van der Waals surface area contributed by atoms with Crippen LogP contribution in [0.4, 0.5) is 0 Å². The van der Waals surface area contributed by atoms with E-state index in [9.17, 15) is 5.11 Å². The van der Waals surface area contributed by atoms with Crippen molar-refractivity contribution < 1.29 is 9.84 Å². The first-order valence-electron chi connectivity index (χ1n) is 4.70. The maximum atomic E-state index is 9.81. The standard InChI is InChI=1S/C11H17NO2/c1-7(2)8-4-5-10(14-3)11(13)9(8)6-12/h4-5,7,13H,6,12H2,1-3H3. The van der Waals surface area contributed by atoms with Gasteiger partial charge in [-0.25, -0.2) is 0 Å². The van der Waals surface area contributed by atoms with Gasteiger partial charge in [-0.1, -0.05) is 19.9 Å². The molecule has 1 aromatic carbocycles. The number of hydrogen-bond donors (Lipinski definition) is 2. The predicted octanol–water partition coefficient (Wildman–Crippen LogP) is 1.98. The summed E-state index contributed by atoms with van der Waals surface area (Å²) < 4.78 is 5.02. The molecule has 14 heavy (non-hydrogen) atoms. The van der Waals surface area contributed by atoms with Crippen molar-refractivity contribution in [2.75, 3.05) is 7.11 Å². The molecule has 0 bridgehead atoms. The molecular formula is C11H17NO2. The third-order valence-electron chi connectivity index (χ3n) is 2.33. The van der Waals surface area contributed by atoms with Crippen LogP contribution in [0.2, 0.25) is 0 Å². The number of phenolic OH excluding ortho intramolecular Hbond substituents is 1. The van der Waals surface area contributed by atoms with Crippen molar-refractivity contribution in [3.8, 4) is 11.5 Å². The molecule has 0 unspecified atom stereocenters. The van der Waals surface area contributed by atoms with E-state index in [0.717, 1.165) is 11.1 Å². The van der Waals surface area contributed by atoms with Crippen LogP contribution in [-0.4, -0.2) is 12.2 Å². The van der Waals surface area contributed by atoms with Gasteiger partial charge in [0.2, 0.25) is 0 Å². The van der Waals surface area contributed by atoms with E-state index in [0.29, 0.717) is 18.2 Å². The van der Waals surface area contributed by atoms with Crippen molar-refractivity contribution in [3.05, 3.63) is 23.3 Å². The van der Waals surface area contributed by atoms with Gasteiger partial charge in [0, 0.05) is 12.1 Å². The summed E-state index contributed by atoms with van der Waals surface area (Å²) >= 11 is 0. The lowest BCUT2D eigenvalue weighted by molar-refractivity contribution is 0.370. The minimum Gasteiger partial charge on any atom is -0.504 e. The topological polar surface area (TPSA) is 55.5 Å². The van der Waals surface area contributed by atoms with Gasteiger partial charge in [0.25, 0.3) is 0 Å². The summed E-state index contributed by atoms with van der Waals surface area (Å²) in [5, 5.41) is 9.81. The Balaban J connectivity index is 3.28. The SMILES string of the molecule is COc1ccc(C(C)C)c(CN)c1O. The molecule has 3 nitrogen and oxygen atoms in total. The molecule has 0 amide bonds. The Bertz CT molecular complexity index is 321. The van der Waals surface area contributed by atoms with Crippen molar-refractivity contribution in [3.63, 3.8) is 0 Å². The molecule has 3 heteroatoms. The molecule has 0 radical (unpaired) electrons. The van der Waals surface area contributed by atoms with E-state index in [2.05, 4.69) is 13.8 Å². The first kappa shape index (κ1) is 10.9. The molecule has 0 saturated carbocycles. The fourth-order valence-electron chi connectivity index (χ4n) is 1.55. The number of benzene rings is 1. The van der Waals surface area contributed by atoms with Crippen LogP contribution >= 0.6 is 0 Å². The summed E-state index contributed by atoms with van der Waals surface area (Å²) in [5.74, 6) is 1.00. The van der Waals surface area contributed by atoms with E-state index in [1.165, 1.54) is 7.11 Å². The summed E-state index contributed by atoms with van der Waals surface area (Å²) in [6, 6.07) is 3.72. The average molecular weight is 195 g/mol. The Labute approximate surface area is 84.5 Å². The van der Waals surface area contributed by atoms with Gasteiger partial charge in [-0.2, -0.15) is 0 Å². The first-order chi connectivity index (χ1) is 6.61. The second-order valence-electron chi connectivity index (χ2n) is 3.54. The highest BCUT2D eigenvalue weighted by Crippen LogP contribution is 2.34. The molecular weight excluding hydrogens is 178 g/mol. The largest absolute Gasteiger partial charge is 0.504 e. The van der Waals surface area contributed by atoms with Crippen LogP contribution in [0.15, 0.2) is 12.1 Å². The highest BCUT2D eigenvalue weighted by Gasteiger charge is 2.13. The van der Waals surface area contributed by atoms with Gasteiger partial charge in [-0.3, -0.25) is 0 Å². The van der Waals surface area contributed by atoms with E-state index in [-0.39, 0.29) is 5.75 Å². The van der Waals surface area contributed by atoms with Crippen molar-refractivity contribution in [1.29, 1.82) is 0 Å². The van der Waals surface area contributed by atoms with Crippen LogP contribution < -0.4 is 10.5 Å². The Morgan fingerprint density at radius 1 is 1.43 bits per heavy atom. The van der Waals surface area contributed by atoms with Crippen molar-refractivity contribution in [2.24, 2.45) is 5.73 Å². The highest BCUT2D eigenvalue weighted by molar-refractivity contribution is 5.50. The molecule has 78 valence electrons. The van der Waals surface area contributed by atoms with Crippen LogP contribution in [0.1, 0.15) is 30.9 Å². The fourth-order valence-corrected chi connectivity index (χ4v) is 1.55. The van der Waals surface area contributed by atoms with E-state index in [1.54, 1.807) is 6.07 Å². The maximum Gasteiger partial charge on any atom is 0.162 e. The molecule has 0 aromatic heterocycles. The Morgan fingerprint density at radius 3 is 2.50 bits per heavy atom. The quantitative estimate of drug-likeness (QED) is 0.775. The minimum atomic E-state index is 0.168. The lowest BCUT2D eigenvalue weighted by Crippen LogP contribution is -2.04. The van der Waals surface area contributed by atoms with E-state index in [1.807, 2.05) is 6.07 Å². The van der Waals surface area contributed by atoms with Gasteiger partial charge in [0.1, 0.15) is 0 Å². The molecule has 0 aliphatic heterocycles. The number of aromatic hydroxyl groups is 1. The van der Waals surface area contributed by atoms with Gasteiger partial charge in [-0.15, -0.1) is 0 Å². The number of phenols is 1. The van der Waals surface area contributed by atoms with Gasteiger partial charge >= 0.3 is 0 Å². The molecule has 3 N–H and O–H groups in total. The third kappa shape index (κ3) is 1.82. The molecule has 1 rings (SSSR count). The van der Waals surface area contributed by atoms with Crippen LogP contribution in [0.25, 0.3) is 0 Å². The van der Waals surface area contributed by atoms with Crippen molar-refractivity contribution in [1.82, 2.24) is 0 Å². The van der Waals surface area contributed by atoms with Crippen molar-refractivity contribution in [2.45, 2.75) is 26.3 Å². The zero-order chi connectivity index (χ0) is 10.7. The summed E-state index contributed by atoms with van der Waals surface area (Å²) in [7, 11) is 1.53. The smallest absolute Gasteiger partial charge is 0.162 e. The van der Waals surface area contributed by atoms with E-state index < -0.39 is 0 Å². The fraction of sp³-hybridized carbons (Fsp3) is 0.455. The summed E-state index contributed by atoms with van der Waals surface area (Å²) in [6.07, 6.45) is 0. The van der Waals surface area contributed by atoms with Crippen molar-refractivity contribution >= 4 is 0 Å². The van der Waals surface area contributed by atoms with Crippen LogP contribution in [-0.2, 0) is 6.54 Å². The molecule has 1 aromatic rings. The van der Waals surface area contributed by atoms with Gasteiger partial charge in [0.05, 0.1) is 7.11 Å². The highest BCUT2D eigenvalue weighted by atomic mass is 16.5. The monoisotopic (exact) mass is 195 g/mol. The predicted molar refractivity (Wildman–Crippen MR) is 56.6 cm³/mol.